The Morgan fingerprint density at radius 2 is 1.71 bits per heavy atom. The van der Waals surface area contributed by atoms with E-state index < -0.39 is 5.82 Å². The monoisotopic (exact) mass is 346 g/mol. The number of halogens is 2. The quantitative estimate of drug-likeness (QED) is 0.589. The van der Waals surface area contributed by atoms with Crippen molar-refractivity contribution < 1.29 is 9.13 Å². The van der Waals surface area contributed by atoms with Crippen molar-refractivity contribution in [2.45, 2.75) is 45.4 Å². The van der Waals surface area contributed by atoms with Crippen LogP contribution in [0.3, 0.4) is 0 Å². The molecule has 1 aliphatic carbocycles. The summed E-state index contributed by atoms with van der Waals surface area (Å²) in [6.07, 6.45) is 5.11. The molecule has 0 aliphatic heterocycles. The minimum Gasteiger partial charge on any atom is -0.492 e. The summed E-state index contributed by atoms with van der Waals surface area (Å²) >= 11 is 6.09. The number of rotatable bonds is 4. The minimum atomic E-state index is -0.415. The second-order valence-electron chi connectivity index (χ2n) is 6.75. The summed E-state index contributed by atoms with van der Waals surface area (Å²) in [7, 11) is 0. The van der Waals surface area contributed by atoms with Crippen LogP contribution in [0, 0.1) is 11.7 Å². The summed E-state index contributed by atoms with van der Waals surface area (Å²) in [6, 6.07) is 11.8. The third-order valence-electron chi connectivity index (χ3n) is 5.06. The second-order valence-corrected chi connectivity index (χ2v) is 7.13. The Kier molecular flexibility index (Phi) is 5.45. The molecule has 3 rings (SSSR count). The van der Waals surface area contributed by atoms with Crippen molar-refractivity contribution in [2.24, 2.45) is 5.92 Å². The molecule has 0 saturated heterocycles. The van der Waals surface area contributed by atoms with Crippen LogP contribution in [0.5, 0.6) is 5.75 Å². The summed E-state index contributed by atoms with van der Waals surface area (Å²) in [4.78, 5) is 0. The van der Waals surface area contributed by atoms with E-state index in [2.05, 4.69) is 19.1 Å². The van der Waals surface area contributed by atoms with Gasteiger partial charge in [0.2, 0.25) is 0 Å². The zero-order valence-corrected chi connectivity index (χ0v) is 15.1. The van der Waals surface area contributed by atoms with E-state index in [4.69, 9.17) is 16.3 Å². The fourth-order valence-corrected chi connectivity index (χ4v) is 3.77. The van der Waals surface area contributed by atoms with Gasteiger partial charge in [-0.3, -0.25) is 0 Å². The van der Waals surface area contributed by atoms with Crippen molar-refractivity contribution in [2.75, 3.05) is 6.61 Å². The predicted octanol–water partition coefficient (Wildman–Crippen LogP) is 6.84. The van der Waals surface area contributed by atoms with E-state index >= 15 is 0 Å². The molecule has 128 valence electrons. The number of benzene rings is 2. The van der Waals surface area contributed by atoms with E-state index in [1.54, 1.807) is 12.1 Å². The van der Waals surface area contributed by atoms with Gasteiger partial charge in [-0.2, -0.15) is 0 Å². The van der Waals surface area contributed by atoms with Crippen molar-refractivity contribution >= 4 is 11.6 Å². The maximum absolute atomic E-state index is 14.6. The molecule has 0 N–H and O–H groups in total. The van der Waals surface area contributed by atoms with E-state index in [1.165, 1.54) is 31.2 Å². The number of ether oxygens (including phenoxy) is 1. The van der Waals surface area contributed by atoms with Crippen molar-refractivity contribution in [3.05, 3.63) is 52.8 Å². The molecule has 1 nitrogen and oxygen atoms in total. The van der Waals surface area contributed by atoms with E-state index in [0.29, 0.717) is 23.8 Å². The van der Waals surface area contributed by atoms with E-state index in [-0.39, 0.29) is 5.02 Å². The normalized spacial score (nSPS) is 20.8. The third-order valence-corrected chi connectivity index (χ3v) is 5.41. The molecular weight excluding hydrogens is 323 g/mol. The minimum absolute atomic E-state index is 0.0553. The maximum atomic E-state index is 14.6. The first-order chi connectivity index (χ1) is 11.6. The van der Waals surface area contributed by atoms with Gasteiger partial charge in [0.05, 0.1) is 6.61 Å². The molecule has 0 radical (unpaired) electrons. The number of hydrogen-bond donors (Lipinski definition) is 0. The van der Waals surface area contributed by atoms with Crippen LogP contribution in [0.1, 0.15) is 51.0 Å². The van der Waals surface area contributed by atoms with E-state index in [1.807, 2.05) is 19.1 Å². The molecule has 24 heavy (non-hydrogen) atoms. The van der Waals surface area contributed by atoms with Gasteiger partial charge in [0.1, 0.15) is 10.8 Å². The standard InChI is InChI=1S/C21H24ClFO/c1-3-24-19-13-12-18(21(23)20(19)22)17-10-8-16(9-11-17)15-6-4-14(2)5-7-15/h8-15H,3-7H2,1-2H3. The van der Waals surface area contributed by atoms with Crippen molar-refractivity contribution in [3.8, 4) is 16.9 Å². The molecule has 0 bridgehead atoms. The Morgan fingerprint density at radius 1 is 1.04 bits per heavy atom. The van der Waals surface area contributed by atoms with Gasteiger partial charge in [0, 0.05) is 5.56 Å². The Labute approximate surface area is 148 Å². The van der Waals surface area contributed by atoms with Gasteiger partial charge in [0.15, 0.2) is 5.82 Å². The van der Waals surface area contributed by atoms with Crippen LogP contribution in [0.2, 0.25) is 5.02 Å². The van der Waals surface area contributed by atoms with E-state index in [9.17, 15) is 4.39 Å². The topological polar surface area (TPSA) is 9.23 Å². The van der Waals surface area contributed by atoms with Crippen LogP contribution in [0.4, 0.5) is 4.39 Å². The fraction of sp³-hybridized carbons (Fsp3) is 0.429. The van der Waals surface area contributed by atoms with Crippen LogP contribution in [-0.2, 0) is 0 Å². The summed E-state index contributed by atoms with van der Waals surface area (Å²) in [5, 5.41) is 0.0553. The lowest BCUT2D eigenvalue weighted by Crippen LogP contribution is -2.10. The average molecular weight is 347 g/mol. The van der Waals surface area contributed by atoms with Gasteiger partial charge in [-0.05, 0) is 54.9 Å². The molecule has 2 aromatic carbocycles. The van der Waals surface area contributed by atoms with Crippen LogP contribution in [0.15, 0.2) is 36.4 Å². The van der Waals surface area contributed by atoms with Crippen LogP contribution < -0.4 is 4.74 Å². The number of hydrogen-bond acceptors (Lipinski definition) is 1. The summed E-state index contributed by atoms with van der Waals surface area (Å²) in [5.74, 6) is 1.47. The lowest BCUT2D eigenvalue weighted by molar-refractivity contribution is 0.338. The Bertz CT molecular complexity index is 688. The van der Waals surface area contributed by atoms with Crippen molar-refractivity contribution in [1.82, 2.24) is 0 Å². The molecule has 0 heterocycles. The molecule has 1 saturated carbocycles. The molecule has 0 amide bonds. The molecule has 0 unspecified atom stereocenters. The Hall–Kier alpha value is -1.54. The lowest BCUT2D eigenvalue weighted by atomic mass is 9.79. The lowest BCUT2D eigenvalue weighted by Gasteiger charge is -2.26. The highest BCUT2D eigenvalue weighted by Crippen LogP contribution is 2.38. The zero-order chi connectivity index (χ0) is 17.1. The molecule has 0 atom stereocenters. The zero-order valence-electron chi connectivity index (χ0n) is 14.3. The second kappa shape index (κ2) is 7.57. The molecule has 1 fully saturated rings. The van der Waals surface area contributed by atoms with Crippen LogP contribution in [0.25, 0.3) is 11.1 Å². The van der Waals surface area contributed by atoms with Gasteiger partial charge < -0.3 is 4.74 Å². The van der Waals surface area contributed by atoms with Gasteiger partial charge in [-0.1, -0.05) is 55.6 Å². The first-order valence-electron chi connectivity index (χ1n) is 8.81. The average Bonchev–Trinajstić information content (AvgIpc) is 2.60. The van der Waals surface area contributed by atoms with Gasteiger partial charge >= 0.3 is 0 Å². The molecule has 2 aromatic rings. The highest BCUT2D eigenvalue weighted by Gasteiger charge is 2.20. The molecule has 1 aliphatic rings. The maximum Gasteiger partial charge on any atom is 0.153 e. The fourth-order valence-electron chi connectivity index (χ4n) is 3.55. The molecular formula is C21H24ClFO. The predicted molar refractivity (Wildman–Crippen MR) is 98.4 cm³/mol. The summed E-state index contributed by atoms with van der Waals surface area (Å²) in [6.45, 7) is 4.65. The first kappa shape index (κ1) is 17.3. The first-order valence-corrected chi connectivity index (χ1v) is 9.19. The molecule has 0 aromatic heterocycles. The molecule has 3 heteroatoms. The van der Waals surface area contributed by atoms with Gasteiger partial charge in [-0.15, -0.1) is 0 Å². The van der Waals surface area contributed by atoms with Gasteiger partial charge in [-0.25, -0.2) is 4.39 Å². The van der Waals surface area contributed by atoms with Crippen LogP contribution >= 0.6 is 11.6 Å². The van der Waals surface area contributed by atoms with E-state index in [0.717, 1.165) is 11.5 Å². The SMILES string of the molecule is CCOc1ccc(-c2ccc(C3CCC(C)CC3)cc2)c(F)c1Cl. The van der Waals surface area contributed by atoms with Crippen molar-refractivity contribution in [1.29, 1.82) is 0 Å². The largest absolute Gasteiger partial charge is 0.492 e. The molecule has 0 spiro atoms. The Morgan fingerprint density at radius 3 is 2.33 bits per heavy atom. The van der Waals surface area contributed by atoms with Gasteiger partial charge in [0.25, 0.3) is 0 Å². The third kappa shape index (κ3) is 3.59. The highest BCUT2D eigenvalue weighted by atomic mass is 35.5. The Balaban J connectivity index is 1.82. The van der Waals surface area contributed by atoms with Crippen molar-refractivity contribution in [3.63, 3.8) is 0 Å². The highest BCUT2D eigenvalue weighted by molar-refractivity contribution is 6.32. The van der Waals surface area contributed by atoms with Crippen LogP contribution in [-0.4, -0.2) is 6.61 Å². The summed E-state index contributed by atoms with van der Waals surface area (Å²) < 4.78 is 19.9. The summed E-state index contributed by atoms with van der Waals surface area (Å²) in [5.41, 5.74) is 2.74. The smallest absolute Gasteiger partial charge is 0.153 e.